The highest BCUT2D eigenvalue weighted by Gasteiger charge is 2.16. The Morgan fingerprint density at radius 1 is 1.17 bits per heavy atom. The number of hydrogen-bond donors (Lipinski definition) is 3. The minimum Gasteiger partial charge on any atom is -0.384 e. The van der Waals surface area contributed by atoms with Gasteiger partial charge in [-0.05, 0) is 42.5 Å². The van der Waals surface area contributed by atoms with Crippen molar-refractivity contribution in [3.63, 3.8) is 0 Å². The molecular formula is C17H14Cl2N4O. The molecule has 1 amide bonds. The molecule has 1 heterocycles. The predicted molar refractivity (Wildman–Crippen MR) is 98.4 cm³/mol. The summed E-state index contributed by atoms with van der Waals surface area (Å²) in [6.45, 7) is 0. The number of anilines is 1. The van der Waals surface area contributed by atoms with E-state index in [4.69, 9.17) is 34.3 Å². The van der Waals surface area contributed by atoms with Crippen molar-refractivity contribution in [2.45, 2.75) is 0 Å². The fraction of sp³-hybridized carbons (Fsp3) is 0.0588. The SMILES string of the molecule is Cn1c(C(=O)Nc2ccc(C(=N)N)cc2)cc2c(Cl)c(Cl)ccc21. The number of carbonyl (C=O) groups is 1. The van der Waals surface area contributed by atoms with Crippen LogP contribution in [0, 0.1) is 5.41 Å². The normalized spacial score (nSPS) is 10.8. The lowest BCUT2D eigenvalue weighted by Crippen LogP contribution is -2.16. The summed E-state index contributed by atoms with van der Waals surface area (Å²) < 4.78 is 1.76. The van der Waals surface area contributed by atoms with Crippen LogP contribution in [0.25, 0.3) is 10.9 Å². The molecule has 0 radical (unpaired) electrons. The van der Waals surface area contributed by atoms with Crippen molar-refractivity contribution >= 4 is 51.5 Å². The quantitative estimate of drug-likeness (QED) is 0.486. The predicted octanol–water partition coefficient (Wildman–Crippen LogP) is 4.02. The van der Waals surface area contributed by atoms with Crippen molar-refractivity contribution < 1.29 is 4.79 Å². The van der Waals surface area contributed by atoms with Gasteiger partial charge >= 0.3 is 0 Å². The Bertz CT molecular complexity index is 961. The third-order valence-electron chi connectivity index (χ3n) is 3.80. The summed E-state index contributed by atoms with van der Waals surface area (Å²) in [5.41, 5.74) is 7.91. The molecule has 7 heteroatoms. The van der Waals surface area contributed by atoms with Crippen LogP contribution in [0.5, 0.6) is 0 Å². The number of nitrogen functional groups attached to an aromatic ring is 1. The summed E-state index contributed by atoms with van der Waals surface area (Å²) in [4.78, 5) is 12.5. The Balaban J connectivity index is 1.92. The number of aromatic nitrogens is 1. The van der Waals surface area contributed by atoms with Gasteiger partial charge in [0.1, 0.15) is 11.5 Å². The van der Waals surface area contributed by atoms with Crippen molar-refractivity contribution in [2.24, 2.45) is 12.8 Å². The molecular weight excluding hydrogens is 347 g/mol. The molecule has 122 valence electrons. The van der Waals surface area contributed by atoms with Gasteiger partial charge in [0.25, 0.3) is 5.91 Å². The molecule has 0 fully saturated rings. The topological polar surface area (TPSA) is 83.9 Å². The lowest BCUT2D eigenvalue weighted by molar-refractivity contribution is 0.102. The lowest BCUT2D eigenvalue weighted by Gasteiger charge is -2.07. The van der Waals surface area contributed by atoms with Crippen LogP contribution in [0.1, 0.15) is 16.1 Å². The number of amidine groups is 1. The average Bonchev–Trinajstić information content (AvgIpc) is 2.89. The maximum atomic E-state index is 12.5. The van der Waals surface area contributed by atoms with Gasteiger partial charge in [-0.3, -0.25) is 10.2 Å². The number of amides is 1. The second kappa shape index (κ2) is 6.19. The molecule has 0 aliphatic rings. The number of rotatable bonds is 3. The van der Waals surface area contributed by atoms with Crippen LogP contribution in [-0.4, -0.2) is 16.3 Å². The highest BCUT2D eigenvalue weighted by atomic mass is 35.5. The smallest absolute Gasteiger partial charge is 0.272 e. The van der Waals surface area contributed by atoms with Crippen LogP contribution in [0.2, 0.25) is 10.0 Å². The first-order valence-electron chi connectivity index (χ1n) is 7.07. The number of hydrogen-bond acceptors (Lipinski definition) is 2. The van der Waals surface area contributed by atoms with Gasteiger partial charge < -0.3 is 15.6 Å². The molecule has 3 aromatic rings. The lowest BCUT2D eigenvalue weighted by atomic mass is 10.2. The zero-order valence-electron chi connectivity index (χ0n) is 12.7. The van der Waals surface area contributed by atoms with Crippen LogP contribution in [0.3, 0.4) is 0 Å². The minimum absolute atomic E-state index is 0.0203. The number of aryl methyl sites for hydroxylation is 1. The van der Waals surface area contributed by atoms with E-state index in [1.54, 1.807) is 48.0 Å². The summed E-state index contributed by atoms with van der Waals surface area (Å²) in [5, 5.41) is 11.8. The molecule has 0 saturated carbocycles. The summed E-state index contributed by atoms with van der Waals surface area (Å²) in [6.07, 6.45) is 0. The van der Waals surface area contributed by atoms with Crippen LogP contribution in [-0.2, 0) is 7.05 Å². The zero-order chi connectivity index (χ0) is 17.4. The number of fused-ring (bicyclic) bond motifs is 1. The van der Waals surface area contributed by atoms with Gasteiger partial charge in [0, 0.05) is 29.2 Å². The number of nitrogens with one attached hydrogen (secondary N) is 2. The first-order chi connectivity index (χ1) is 11.4. The second-order valence-electron chi connectivity index (χ2n) is 5.33. The first kappa shape index (κ1) is 16.4. The molecule has 0 aliphatic heterocycles. The van der Waals surface area contributed by atoms with Crippen LogP contribution in [0.15, 0.2) is 42.5 Å². The van der Waals surface area contributed by atoms with E-state index in [-0.39, 0.29) is 11.7 Å². The Labute approximate surface area is 148 Å². The average molecular weight is 361 g/mol. The molecule has 0 bridgehead atoms. The molecule has 0 atom stereocenters. The van der Waals surface area contributed by atoms with Gasteiger partial charge in [0.15, 0.2) is 0 Å². The summed E-state index contributed by atoms with van der Waals surface area (Å²) in [6, 6.07) is 12.0. The van der Waals surface area contributed by atoms with Gasteiger partial charge in [-0.1, -0.05) is 23.2 Å². The molecule has 24 heavy (non-hydrogen) atoms. The maximum Gasteiger partial charge on any atom is 0.272 e. The largest absolute Gasteiger partial charge is 0.384 e. The standard InChI is InChI=1S/C17H14Cl2N4O/c1-23-13-7-6-12(18)15(19)11(13)8-14(23)17(24)22-10-4-2-9(3-5-10)16(20)21/h2-8H,1H3,(H3,20,21)(H,22,24). The third kappa shape index (κ3) is 2.84. The highest BCUT2D eigenvalue weighted by Crippen LogP contribution is 2.32. The summed E-state index contributed by atoms with van der Waals surface area (Å²) >= 11 is 12.2. The van der Waals surface area contributed by atoms with E-state index in [9.17, 15) is 4.79 Å². The minimum atomic E-state index is -0.267. The maximum absolute atomic E-state index is 12.5. The van der Waals surface area contributed by atoms with Gasteiger partial charge in [-0.2, -0.15) is 0 Å². The molecule has 4 N–H and O–H groups in total. The molecule has 0 aliphatic carbocycles. The number of halogens is 2. The van der Waals surface area contributed by atoms with E-state index in [1.807, 2.05) is 6.07 Å². The molecule has 2 aromatic carbocycles. The number of benzene rings is 2. The van der Waals surface area contributed by atoms with Crippen molar-refractivity contribution in [2.75, 3.05) is 5.32 Å². The van der Waals surface area contributed by atoms with E-state index >= 15 is 0 Å². The second-order valence-corrected chi connectivity index (χ2v) is 6.11. The summed E-state index contributed by atoms with van der Waals surface area (Å²) in [7, 11) is 1.79. The molecule has 0 spiro atoms. The van der Waals surface area contributed by atoms with Crippen LogP contribution < -0.4 is 11.1 Å². The van der Waals surface area contributed by atoms with E-state index < -0.39 is 0 Å². The number of nitrogens with zero attached hydrogens (tertiary/aromatic N) is 1. The van der Waals surface area contributed by atoms with Crippen molar-refractivity contribution in [3.05, 3.63) is 63.8 Å². The molecule has 3 rings (SSSR count). The molecule has 0 saturated heterocycles. The monoisotopic (exact) mass is 360 g/mol. The Morgan fingerprint density at radius 3 is 2.46 bits per heavy atom. The Hall–Kier alpha value is -2.50. The molecule has 1 aromatic heterocycles. The van der Waals surface area contributed by atoms with Gasteiger partial charge in [0.05, 0.1) is 10.0 Å². The Kier molecular flexibility index (Phi) is 4.22. The van der Waals surface area contributed by atoms with Crippen molar-refractivity contribution in [1.29, 1.82) is 5.41 Å². The molecule has 0 unspecified atom stereocenters. The number of nitrogens with two attached hydrogens (primary N) is 1. The third-order valence-corrected chi connectivity index (χ3v) is 4.62. The van der Waals surface area contributed by atoms with E-state index in [0.29, 0.717) is 27.0 Å². The van der Waals surface area contributed by atoms with Gasteiger partial charge in [-0.25, -0.2) is 0 Å². The van der Waals surface area contributed by atoms with E-state index in [1.165, 1.54) is 0 Å². The van der Waals surface area contributed by atoms with E-state index in [2.05, 4.69) is 5.32 Å². The Morgan fingerprint density at radius 2 is 1.83 bits per heavy atom. The van der Waals surface area contributed by atoms with Crippen molar-refractivity contribution in [1.82, 2.24) is 4.57 Å². The zero-order valence-corrected chi connectivity index (χ0v) is 14.2. The number of carbonyl (C=O) groups excluding carboxylic acids is 1. The van der Waals surface area contributed by atoms with Crippen LogP contribution >= 0.6 is 23.2 Å². The first-order valence-corrected chi connectivity index (χ1v) is 7.83. The fourth-order valence-electron chi connectivity index (χ4n) is 2.50. The summed E-state index contributed by atoms with van der Waals surface area (Å²) in [5.74, 6) is -0.287. The fourth-order valence-corrected chi connectivity index (χ4v) is 2.87. The van der Waals surface area contributed by atoms with Crippen molar-refractivity contribution in [3.8, 4) is 0 Å². The molecule has 5 nitrogen and oxygen atoms in total. The van der Waals surface area contributed by atoms with E-state index in [0.717, 1.165) is 10.9 Å². The van der Waals surface area contributed by atoms with Gasteiger partial charge in [0.2, 0.25) is 0 Å². The van der Waals surface area contributed by atoms with Crippen LogP contribution in [0.4, 0.5) is 5.69 Å². The van der Waals surface area contributed by atoms with Gasteiger partial charge in [-0.15, -0.1) is 0 Å². The highest BCUT2D eigenvalue weighted by molar-refractivity contribution is 6.45.